The molecule has 0 amide bonds. The minimum atomic E-state index is -0.517. The van der Waals surface area contributed by atoms with Gasteiger partial charge in [0.2, 0.25) is 0 Å². The normalized spacial score (nSPS) is 9.94. The molecule has 2 aromatic carbocycles. The standard InChI is InChI=1S/C13H10ClNO2/c14-9-6-7-12(15)11(8-9)13(16)17-10-4-2-1-3-5-10/h1-8H,15H2. The Labute approximate surface area is 104 Å². The third-order valence-corrected chi connectivity index (χ3v) is 2.42. The molecule has 0 unspecified atom stereocenters. The Hall–Kier alpha value is -2.00. The van der Waals surface area contributed by atoms with Crippen LogP contribution in [0.4, 0.5) is 5.69 Å². The number of hydrogen-bond acceptors (Lipinski definition) is 3. The molecule has 86 valence electrons. The number of esters is 1. The number of carbonyl (C=O) groups excluding carboxylic acids is 1. The van der Waals surface area contributed by atoms with Crippen LogP contribution in [0.2, 0.25) is 5.02 Å². The maximum Gasteiger partial charge on any atom is 0.345 e. The Morgan fingerprint density at radius 1 is 1.12 bits per heavy atom. The SMILES string of the molecule is Nc1ccc(Cl)cc1C(=O)Oc1ccccc1. The Morgan fingerprint density at radius 3 is 2.53 bits per heavy atom. The third kappa shape index (κ3) is 2.77. The van der Waals surface area contributed by atoms with Crippen molar-refractivity contribution in [1.82, 2.24) is 0 Å². The van der Waals surface area contributed by atoms with E-state index in [1.165, 1.54) is 6.07 Å². The van der Waals surface area contributed by atoms with Crippen LogP contribution in [-0.2, 0) is 0 Å². The number of benzene rings is 2. The van der Waals surface area contributed by atoms with Gasteiger partial charge in [-0.3, -0.25) is 0 Å². The number of carbonyl (C=O) groups is 1. The molecule has 2 rings (SSSR count). The number of nitrogens with two attached hydrogens (primary N) is 1. The van der Waals surface area contributed by atoms with Crippen molar-refractivity contribution >= 4 is 23.3 Å². The summed E-state index contributed by atoms with van der Waals surface area (Å²) in [5, 5.41) is 0.444. The molecule has 17 heavy (non-hydrogen) atoms. The van der Waals surface area contributed by atoms with E-state index >= 15 is 0 Å². The first-order chi connectivity index (χ1) is 8.16. The minimum absolute atomic E-state index is 0.265. The molecule has 0 aromatic heterocycles. The van der Waals surface area contributed by atoms with Gasteiger partial charge in [0.05, 0.1) is 5.56 Å². The van der Waals surface area contributed by atoms with Crippen molar-refractivity contribution in [3.05, 3.63) is 59.1 Å². The van der Waals surface area contributed by atoms with E-state index in [9.17, 15) is 4.79 Å². The van der Waals surface area contributed by atoms with Gasteiger partial charge in [0, 0.05) is 10.7 Å². The van der Waals surface area contributed by atoms with Crippen molar-refractivity contribution in [1.29, 1.82) is 0 Å². The predicted octanol–water partition coefficient (Wildman–Crippen LogP) is 3.14. The summed E-state index contributed by atoms with van der Waals surface area (Å²) >= 11 is 5.80. The topological polar surface area (TPSA) is 52.3 Å². The summed E-state index contributed by atoms with van der Waals surface area (Å²) in [7, 11) is 0. The zero-order valence-corrected chi connectivity index (χ0v) is 9.65. The lowest BCUT2D eigenvalue weighted by Crippen LogP contribution is -2.11. The lowest BCUT2D eigenvalue weighted by Gasteiger charge is -2.06. The van der Waals surface area contributed by atoms with E-state index in [2.05, 4.69) is 0 Å². The molecule has 0 fully saturated rings. The molecule has 0 saturated carbocycles. The smallest absolute Gasteiger partial charge is 0.345 e. The van der Waals surface area contributed by atoms with E-state index in [1.54, 1.807) is 36.4 Å². The van der Waals surface area contributed by atoms with Crippen LogP contribution >= 0.6 is 11.6 Å². The fourth-order valence-corrected chi connectivity index (χ4v) is 1.53. The molecule has 3 nitrogen and oxygen atoms in total. The largest absolute Gasteiger partial charge is 0.423 e. The van der Waals surface area contributed by atoms with Crippen LogP contribution in [0.5, 0.6) is 5.75 Å². The summed E-state index contributed by atoms with van der Waals surface area (Å²) in [6.45, 7) is 0. The van der Waals surface area contributed by atoms with Crippen molar-refractivity contribution < 1.29 is 9.53 Å². The number of ether oxygens (including phenoxy) is 1. The van der Waals surface area contributed by atoms with Gasteiger partial charge in [-0.25, -0.2) is 4.79 Å². The molecule has 0 aliphatic carbocycles. The van der Waals surface area contributed by atoms with Crippen LogP contribution in [0, 0.1) is 0 Å². The van der Waals surface area contributed by atoms with Gasteiger partial charge < -0.3 is 10.5 Å². The van der Waals surface area contributed by atoms with E-state index in [0.717, 1.165) is 0 Å². The van der Waals surface area contributed by atoms with E-state index < -0.39 is 5.97 Å². The second kappa shape index (κ2) is 4.89. The molecule has 0 heterocycles. The first kappa shape index (κ1) is 11.5. The molecule has 0 aliphatic rings. The summed E-state index contributed by atoms with van der Waals surface area (Å²) in [5.41, 5.74) is 6.29. The zero-order valence-electron chi connectivity index (χ0n) is 8.89. The summed E-state index contributed by atoms with van der Waals surface area (Å²) in [4.78, 5) is 11.8. The zero-order chi connectivity index (χ0) is 12.3. The second-order valence-corrected chi connectivity index (χ2v) is 3.87. The first-order valence-corrected chi connectivity index (χ1v) is 5.37. The predicted molar refractivity (Wildman–Crippen MR) is 67.3 cm³/mol. The molecule has 0 saturated heterocycles. The van der Waals surface area contributed by atoms with Crippen LogP contribution in [0.3, 0.4) is 0 Å². The maximum atomic E-state index is 11.8. The molecule has 0 spiro atoms. The van der Waals surface area contributed by atoms with Crippen molar-refractivity contribution in [2.24, 2.45) is 0 Å². The lowest BCUT2D eigenvalue weighted by atomic mass is 10.2. The van der Waals surface area contributed by atoms with Crippen LogP contribution in [-0.4, -0.2) is 5.97 Å². The minimum Gasteiger partial charge on any atom is -0.423 e. The van der Waals surface area contributed by atoms with Crippen molar-refractivity contribution in [3.63, 3.8) is 0 Å². The fraction of sp³-hybridized carbons (Fsp3) is 0. The number of para-hydroxylation sites is 1. The number of nitrogen functional groups attached to an aromatic ring is 1. The maximum absolute atomic E-state index is 11.8. The molecule has 2 N–H and O–H groups in total. The van der Waals surface area contributed by atoms with Gasteiger partial charge in [0.15, 0.2) is 0 Å². The molecule has 2 aromatic rings. The number of halogens is 1. The summed E-state index contributed by atoms with van der Waals surface area (Å²) in [6, 6.07) is 13.5. The van der Waals surface area contributed by atoms with Crippen LogP contribution in [0.1, 0.15) is 10.4 Å². The van der Waals surface area contributed by atoms with Crippen LogP contribution in [0.25, 0.3) is 0 Å². The Bertz CT molecular complexity index is 540. The van der Waals surface area contributed by atoms with Crippen molar-refractivity contribution in [2.45, 2.75) is 0 Å². The Kier molecular flexibility index (Phi) is 3.30. The third-order valence-electron chi connectivity index (χ3n) is 2.19. The van der Waals surface area contributed by atoms with Gasteiger partial charge in [0.1, 0.15) is 5.75 Å². The van der Waals surface area contributed by atoms with E-state index in [4.69, 9.17) is 22.1 Å². The molecule has 0 bridgehead atoms. The van der Waals surface area contributed by atoms with Crippen molar-refractivity contribution in [3.8, 4) is 5.75 Å². The molecule has 0 atom stereocenters. The first-order valence-electron chi connectivity index (χ1n) is 4.99. The average molecular weight is 248 g/mol. The molecular formula is C13H10ClNO2. The Morgan fingerprint density at radius 2 is 1.82 bits per heavy atom. The van der Waals surface area contributed by atoms with E-state index in [1.807, 2.05) is 6.07 Å². The summed E-state index contributed by atoms with van der Waals surface area (Å²) < 4.78 is 5.16. The van der Waals surface area contributed by atoms with Gasteiger partial charge in [-0.05, 0) is 30.3 Å². The number of rotatable bonds is 2. The number of anilines is 1. The average Bonchev–Trinajstić information content (AvgIpc) is 2.33. The van der Waals surface area contributed by atoms with Crippen LogP contribution < -0.4 is 10.5 Å². The van der Waals surface area contributed by atoms with Gasteiger partial charge in [-0.1, -0.05) is 29.8 Å². The lowest BCUT2D eigenvalue weighted by molar-refractivity contribution is 0.0736. The summed E-state index contributed by atoms with van der Waals surface area (Å²) in [6.07, 6.45) is 0. The highest BCUT2D eigenvalue weighted by Gasteiger charge is 2.12. The number of hydrogen-bond donors (Lipinski definition) is 1. The van der Waals surface area contributed by atoms with Crippen molar-refractivity contribution in [2.75, 3.05) is 5.73 Å². The van der Waals surface area contributed by atoms with E-state index in [-0.39, 0.29) is 5.56 Å². The van der Waals surface area contributed by atoms with Gasteiger partial charge in [0.25, 0.3) is 0 Å². The molecular weight excluding hydrogens is 238 g/mol. The highest BCUT2D eigenvalue weighted by molar-refractivity contribution is 6.31. The molecule has 0 radical (unpaired) electrons. The fourth-order valence-electron chi connectivity index (χ4n) is 1.36. The highest BCUT2D eigenvalue weighted by atomic mass is 35.5. The quantitative estimate of drug-likeness (QED) is 0.504. The van der Waals surface area contributed by atoms with Gasteiger partial charge >= 0.3 is 5.97 Å². The Balaban J connectivity index is 2.23. The van der Waals surface area contributed by atoms with Crippen LogP contribution in [0.15, 0.2) is 48.5 Å². The van der Waals surface area contributed by atoms with Gasteiger partial charge in [-0.15, -0.1) is 0 Å². The molecule has 4 heteroatoms. The monoisotopic (exact) mass is 247 g/mol. The summed E-state index contributed by atoms with van der Waals surface area (Å²) in [5.74, 6) is -0.0481. The highest BCUT2D eigenvalue weighted by Crippen LogP contribution is 2.20. The van der Waals surface area contributed by atoms with E-state index in [0.29, 0.717) is 16.5 Å². The molecule has 0 aliphatic heterocycles. The van der Waals surface area contributed by atoms with Gasteiger partial charge in [-0.2, -0.15) is 0 Å². The second-order valence-electron chi connectivity index (χ2n) is 3.43.